The van der Waals surface area contributed by atoms with Crippen molar-refractivity contribution in [2.24, 2.45) is 16.9 Å². The van der Waals surface area contributed by atoms with Crippen molar-refractivity contribution >= 4 is 23.5 Å². The molecule has 29 heavy (non-hydrogen) atoms. The normalized spacial score (nSPS) is 14.0. The van der Waals surface area contributed by atoms with Crippen LogP contribution in [-0.4, -0.2) is 47.0 Å². The predicted molar refractivity (Wildman–Crippen MR) is 104 cm³/mol. The number of carboxylic acids is 1. The predicted octanol–water partition coefficient (Wildman–Crippen LogP) is 1.79. The zero-order valence-electron chi connectivity index (χ0n) is 16.3. The summed E-state index contributed by atoms with van der Waals surface area (Å²) >= 11 is 0. The van der Waals surface area contributed by atoms with Gasteiger partial charge >= 0.3 is 11.9 Å². The number of rotatable bonds is 10. The van der Waals surface area contributed by atoms with E-state index in [9.17, 15) is 24.3 Å². The fourth-order valence-corrected chi connectivity index (χ4v) is 3.07. The number of hydrogen-bond acceptors (Lipinski definition) is 8. The molecule has 0 unspecified atom stereocenters. The first-order valence-electron chi connectivity index (χ1n) is 9.52. The average molecular weight is 408 g/mol. The molecule has 1 aromatic rings. The number of Topliss-reactive ketones (excluding diaryl/α,β-unsaturated/α-hetero) is 2. The third-order valence-electron chi connectivity index (χ3n) is 4.74. The lowest BCUT2D eigenvalue weighted by Crippen LogP contribution is -2.45. The Hall–Kier alpha value is -2.62. The second-order valence-corrected chi connectivity index (χ2v) is 6.75. The van der Waals surface area contributed by atoms with E-state index in [0.29, 0.717) is 25.9 Å². The summed E-state index contributed by atoms with van der Waals surface area (Å²) in [5.74, 6) is -3.19. The zero-order valence-corrected chi connectivity index (χ0v) is 16.3. The lowest BCUT2D eigenvalue weighted by molar-refractivity contribution is -0.234. The van der Waals surface area contributed by atoms with Gasteiger partial charge in [0.25, 0.3) is 0 Å². The van der Waals surface area contributed by atoms with Crippen molar-refractivity contribution in [1.29, 1.82) is 0 Å². The van der Waals surface area contributed by atoms with E-state index >= 15 is 0 Å². The molecule has 0 atom stereocenters. The molecule has 160 valence electrons. The molecule has 2 aliphatic carbocycles. The van der Waals surface area contributed by atoms with Gasteiger partial charge in [-0.15, -0.1) is 0 Å². The van der Waals surface area contributed by atoms with Crippen LogP contribution in [0.25, 0.3) is 0 Å². The molecule has 0 aromatic heterocycles. The first kappa shape index (κ1) is 24.4. The molecule has 2 bridgehead atoms. The fourth-order valence-electron chi connectivity index (χ4n) is 3.07. The molecule has 0 saturated heterocycles. The minimum Gasteiger partial charge on any atom is -0.480 e. The molecule has 0 heterocycles. The molecule has 3 rings (SSSR count). The summed E-state index contributed by atoms with van der Waals surface area (Å²) in [6.45, 7) is 1.05. The monoisotopic (exact) mass is 408 g/mol. The Balaban J connectivity index is 0.000000359. The van der Waals surface area contributed by atoms with Gasteiger partial charge in [0.2, 0.25) is 0 Å². The lowest BCUT2D eigenvalue weighted by atomic mass is 9.73. The van der Waals surface area contributed by atoms with E-state index in [1.807, 2.05) is 0 Å². The highest BCUT2D eigenvalue weighted by Crippen LogP contribution is 2.36. The van der Waals surface area contributed by atoms with Crippen LogP contribution in [0, 0.1) is 5.41 Å². The maximum atomic E-state index is 12.4. The first-order chi connectivity index (χ1) is 13.8. The van der Waals surface area contributed by atoms with Crippen molar-refractivity contribution < 1.29 is 34.4 Å². The van der Waals surface area contributed by atoms with Gasteiger partial charge in [0, 0.05) is 17.5 Å². The van der Waals surface area contributed by atoms with Crippen LogP contribution in [0.15, 0.2) is 24.3 Å². The number of carbonyl (C=O) groups excluding carboxylic acids is 3. The fraction of sp³-hybridized carbons (Fsp3) is 0.500. The van der Waals surface area contributed by atoms with Crippen molar-refractivity contribution in [3.8, 4) is 0 Å². The Labute approximate surface area is 168 Å². The molecule has 0 aliphatic heterocycles. The van der Waals surface area contributed by atoms with E-state index in [2.05, 4.69) is 4.89 Å². The van der Waals surface area contributed by atoms with E-state index in [1.54, 1.807) is 0 Å². The highest BCUT2D eigenvalue weighted by molar-refractivity contribution is 6.31. The number of carboxylic acid groups (broad SMARTS) is 1. The maximum absolute atomic E-state index is 12.4. The highest BCUT2D eigenvalue weighted by atomic mass is 17.1. The van der Waals surface area contributed by atoms with Crippen molar-refractivity contribution in [1.82, 2.24) is 0 Å². The van der Waals surface area contributed by atoms with Crippen LogP contribution < -0.4 is 11.5 Å². The quantitative estimate of drug-likeness (QED) is 0.195. The van der Waals surface area contributed by atoms with Crippen LogP contribution in [0.3, 0.4) is 0 Å². The number of ketones is 2. The van der Waals surface area contributed by atoms with Crippen molar-refractivity contribution in [2.75, 3.05) is 13.1 Å². The topological polar surface area (TPSA) is 170 Å². The summed E-state index contributed by atoms with van der Waals surface area (Å²) < 4.78 is 0. The van der Waals surface area contributed by atoms with E-state index in [0.717, 1.165) is 19.3 Å². The molecule has 1 aromatic carbocycles. The van der Waals surface area contributed by atoms with Crippen LogP contribution in [0.4, 0.5) is 0 Å². The standard InChI is InChI=1S/C14H15NO4.C6H13NO3/c15-8-2-1-7-14(13(18)19)11(16)9-3-4-10(6-5-9)12(14)17;7-5-3-1-2-4-6(8)10-9/h3-6H,1-2,7-8,15H2,(H,18,19);9H,1-5,7H2. The van der Waals surface area contributed by atoms with Crippen LogP contribution in [0.1, 0.15) is 65.7 Å². The molecule has 0 radical (unpaired) electrons. The summed E-state index contributed by atoms with van der Waals surface area (Å²) in [4.78, 5) is 50.1. The van der Waals surface area contributed by atoms with E-state index in [1.165, 1.54) is 24.3 Å². The lowest BCUT2D eigenvalue weighted by Gasteiger charge is -2.24. The highest BCUT2D eigenvalue weighted by Gasteiger charge is 2.53. The van der Waals surface area contributed by atoms with Gasteiger partial charge in [-0.05, 0) is 38.8 Å². The van der Waals surface area contributed by atoms with E-state index in [4.69, 9.17) is 16.7 Å². The van der Waals surface area contributed by atoms with Gasteiger partial charge in [0.05, 0.1) is 0 Å². The molecule has 0 spiro atoms. The third-order valence-corrected chi connectivity index (χ3v) is 4.74. The number of nitrogens with two attached hydrogens (primary N) is 2. The largest absolute Gasteiger partial charge is 0.480 e. The minimum atomic E-state index is -1.98. The molecular weight excluding hydrogens is 380 g/mol. The summed E-state index contributed by atoms with van der Waals surface area (Å²) in [5, 5.41) is 17.3. The molecule has 6 N–H and O–H groups in total. The molecule has 9 heteroatoms. The smallest absolute Gasteiger partial charge is 0.342 e. The minimum absolute atomic E-state index is 0.00639. The number of fused-ring (bicyclic) bond motifs is 4. The average Bonchev–Trinajstić information content (AvgIpc) is 2.89. The second kappa shape index (κ2) is 12.1. The number of unbranched alkanes of at least 4 members (excludes halogenated alkanes) is 3. The van der Waals surface area contributed by atoms with Gasteiger partial charge in [-0.25, -0.2) is 4.79 Å². The molecule has 2 aliphatic rings. The Morgan fingerprint density at radius 1 is 0.862 bits per heavy atom. The number of hydrogen-bond donors (Lipinski definition) is 4. The summed E-state index contributed by atoms with van der Waals surface area (Å²) in [7, 11) is 0. The molecule has 0 saturated carbocycles. The molecule has 0 fully saturated rings. The van der Waals surface area contributed by atoms with Gasteiger partial charge in [-0.3, -0.25) is 14.4 Å². The van der Waals surface area contributed by atoms with Gasteiger partial charge in [0.1, 0.15) is 0 Å². The zero-order chi connectivity index (χ0) is 21.9. The van der Waals surface area contributed by atoms with Gasteiger partial charge in [-0.1, -0.05) is 37.1 Å². The Bertz CT molecular complexity index is 681. The Kier molecular flexibility index (Phi) is 10.1. The molecule has 0 amide bonds. The van der Waals surface area contributed by atoms with Crippen LogP contribution in [0.5, 0.6) is 0 Å². The SMILES string of the molecule is NCCCCC1(C(=O)O)C(=O)c2ccc(cc2)C1=O.NCCCCCC(=O)OO. The Morgan fingerprint density at radius 3 is 1.76 bits per heavy atom. The number of benzene rings is 1. The van der Waals surface area contributed by atoms with Gasteiger partial charge < -0.3 is 21.5 Å². The van der Waals surface area contributed by atoms with Gasteiger partial charge in [0.15, 0.2) is 17.0 Å². The summed E-state index contributed by atoms with van der Waals surface area (Å²) in [6, 6.07) is 6.01. The van der Waals surface area contributed by atoms with Gasteiger partial charge in [-0.2, -0.15) is 5.26 Å². The third kappa shape index (κ3) is 6.18. The van der Waals surface area contributed by atoms with Crippen LogP contribution >= 0.6 is 0 Å². The molecular formula is C20H28N2O7. The van der Waals surface area contributed by atoms with Crippen LogP contribution in [0.2, 0.25) is 0 Å². The second-order valence-electron chi connectivity index (χ2n) is 6.75. The summed E-state index contributed by atoms with van der Waals surface area (Å²) in [5.41, 5.74) is 9.15. The van der Waals surface area contributed by atoms with E-state index < -0.39 is 28.9 Å². The van der Waals surface area contributed by atoms with Crippen molar-refractivity contribution in [3.05, 3.63) is 35.4 Å². The van der Waals surface area contributed by atoms with Crippen LogP contribution in [-0.2, 0) is 14.5 Å². The first-order valence-corrected chi connectivity index (χ1v) is 9.52. The molecule has 9 nitrogen and oxygen atoms in total. The Morgan fingerprint density at radius 2 is 1.34 bits per heavy atom. The maximum Gasteiger partial charge on any atom is 0.342 e. The summed E-state index contributed by atoms with van der Waals surface area (Å²) in [6.07, 6.45) is 3.84. The van der Waals surface area contributed by atoms with Crippen molar-refractivity contribution in [3.63, 3.8) is 0 Å². The van der Waals surface area contributed by atoms with Crippen molar-refractivity contribution in [2.45, 2.75) is 44.9 Å². The number of carbonyl (C=O) groups is 4. The van der Waals surface area contributed by atoms with E-state index in [-0.39, 0.29) is 24.0 Å². The number of aliphatic carboxylic acids is 1.